The molecular formula is C9H14F2. The smallest absolute Gasteiger partial charge is 0.206 e. The summed E-state index contributed by atoms with van der Waals surface area (Å²) in [5.41, 5.74) is -0.726. The van der Waals surface area contributed by atoms with E-state index in [1.807, 2.05) is 0 Å². The zero-order chi connectivity index (χ0) is 8.28. The van der Waals surface area contributed by atoms with Gasteiger partial charge < -0.3 is 0 Å². The SMILES string of the molecule is CC1(C)C2CCC(C2)C1(F)F. The number of hydrogen-bond acceptors (Lipinski definition) is 0. The third-order valence-electron chi connectivity index (χ3n) is 3.83. The summed E-state index contributed by atoms with van der Waals surface area (Å²) in [6, 6.07) is 0. The standard InChI is InChI=1S/C9H14F2/c1-8(2)6-3-4-7(5-6)9(8,10)11/h6-7H,3-5H2,1-2H3. The summed E-state index contributed by atoms with van der Waals surface area (Å²) in [6.07, 6.45) is 2.54. The molecule has 0 amide bonds. The summed E-state index contributed by atoms with van der Waals surface area (Å²) in [4.78, 5) is 0. The van der Waals surface area contributed by atoms with Gasteiger partial charge in [0.2, 0.25) is 0 Å². The highest BCUT2D eigenvalue weighted by molar-refractivity contribution is 5.06. The number of fused-ring (bicyclic) bond motifs is 2. The largest absolute Gasteiger partial charge is 0.256 e. The fraction of sp³-hybridized carbons (Fsp3) is 1.00. The molecule has 0 radical (unpaired) electrons. The lowest BCUT2D eigenvalue weighted by atomic mass is 9.74. The zero-order valence-corrected chi connectivity index (χ0v) is 7.03. The second kappa shape index (κ2) is 1.78. The Morgan fingerprint density at radius 1 is 1.09 bits per heavy atom. The van der Waals surface area contributed by atoms with Crippen molar-refractivity contribution in [3.05, 3.63) is 0 Å². The quantitative estimate of drug-likeness (QED) is 0.511. The molecule has 0 N–H and O–H groups in total. The molecule has 11 heavy (non-hydrogen) atoms. The van der Waals surface area contributed by atoms with Crippen LogP contribution in [0.3, 0.4) is 0 Å². The highest BCUT2D eigenvalue weighted by Gasteiger charge is 2.64. The Hall–Kier alpha value is -0.140. The lowest BCUT2D eigenvalue weighted by molar-refractivity contribution is -0.141. The van der Waals surface area contributed by atoms with Gasteiger partial charge in [0, 0.05) is 11.3 Å². The number of halogens is 2. The van der Waals surface area contributed by atoms with Gasteiger partial charge in [0.15, 0.2) is 0 Å². The maximum atomic E-state index is 13.4. The predicted molar refractivity (Wildman–Crippen MR) is 39.6 cm³/mol. The van der Waals surface area contributed by atoms with Gasteiger partial charge in [-0.1, -0.05) is 13.8 Å². The van der Waals surface area contributed by atoms with Gasteiger partial charge >= 0.3 is 0 Å². The average Bonchev–Trinajstić information content (AvgIpc) is 2.37. The molecule has 0 aromatic carbocycles. The summed E-state index contributed by atoms with van der Waals surface area (Å²) in [7, 11) is 0. The Bertz CT molecular complexity index is 164. The monoisotopic (exact) mass is 160 g/mol. The maximum Gasteiger partial charge on any atom is 0.256 e. The summed E-state index contributed by atoms with van der Waals surface area (Å²) in [5.74, 6) is -2.42. The lowest BCUT2D eigenvalue weighted by Crippen LogP contribution is -2.41. The van der Waals surface area contributed by atoms with Crippen LogP contribution in [0.15, 0.2) is 0 Å². The average molecular weight is 160 g/mol. The van der Waals surface area contributed by atoms with Crippen LogP contribution >= 0.6 is 0 Å². The fourth-order valence-corrected chi connectivity index (χ4v) is 2.76. The Morgan fingerprint density at radius 3 is 1.91 bits per heavy atom. The highest BCUT2D eigenvalue weighted by Crippen LogP contribution is 2.63. The molecule has 0 aromatic rings. The van der Waals surface area contributed by atoms with E-state index in [9.17, 15) is 8.78 Å². The molecular weight excluding hydrogens is 146 g/mol. The van der Waals surface area contributed by atoms with Crippen molar-refractivity contribution in [3.63, 3.8) is 0 Å². The van der Waals surface area contributed by atoms with Gasteiger partial charge in [-0.05, 0) is 25.2 Å². The molecule has 2 rings (SSSR count). The molecule has 2 aliphatic rings. The van der Waals surface area contributed by atoms with Crippen molar-refractivity contribution in [2.75, 3.05) is 0 Å². The fourth-order valence-electron chi connectivity index (χ4n) is 2.76. The highest BCUT2D eigenvalue weighted by atomic mass is 19.3. The van der Waals surface area contributed by atoms with Gasteiger partial charge in [-0.2, -0.15) is 0 Å². The van der Waals surface area contributed by atoms with Gasteiger partial charge in [0.1, 0.15) is 0 Å². The molecule has 2 saturated carbocycles. The van der Waals surface area contributed by atoms with E-state index < -0.39 is 11.3 Å². The summed E-state index contributed by atoms with van der Waals surface area (Å²) in [5, 5.41) is 0. The van der Waals surface area contributed by atoms with Crippen LogP contribution in [-0.2, 0) is 0 Å². The van der Waals surface area contributed by atoms with Crippen LogP contribution in [0.1, 0.15) is 33.1 Å². The van der Waals surface area contributed by atoms with E-state index in [1.54, 1.807) is 13.8 Å². The van der Waals surface area contributed by atoms with Crippen LogP contribution in [0, 0.1) is 17.3 Å². The van der Waals surface area contributed by atoms with E-state index in [0.29, 0.717) is 0 Å². The first-order valence-corrected chi connectivity index (χ1v) is 4.34. The molecule has 0 spiro atoms. The van der Waals surface area contributed by atoms with Gasteiger partial charge in [0.05, 0.1) is 0 Å². The van der Waals surface area contributed by atoms with Crippen LogP contribution in [0.4, 0.5) is 8.78 Å². The van der Waals surface area contributed by atoms with E-state index in [-0.39, 0.29) is 11.8 Å². The molecule has 2 heteroatoms. The maximum absolute atomic E-state index is 13.4. The molecule has 2 atom stereocenters. The van der Waals surface area contributed by atoms with E-state index in [4.69, 9.17) is 0 Å². The number of rotatable bonds is 0. The van der Waals surface area contributed by atoms with Crippen molar-refractivity contribution >= 4 is 0 Å². The third kappa shape index (κ3) is 0.683. The van der Waals surface area contributed by atoms with Crippen LogP contribution < -0.4 is 0 Å². The minimum absolute atomic E-state index is 0.280. The van der Waals surface area contributed by atoms with Gasteiger partial charge in [0.25, 0.3) is 5.92 Å². The Kier molecular flexibility index (Phi) is 1.21. The van der Waals surface area contributed by atoms with Crippen molar-refractivity contribution < 1.29 is 8.78 Å². The van der Waals surface area contributed by atoms with E-state index in [2.05, 4.69) is 0 Å². The Morgan fingerprint density at radius 2 is 1.64 bits per heavy atom. The molecule has 2 unspecified atom stereocenters. The minimum atomic E-state index is -2.39. The molecule has 0 nitrogen and oxygen atoms in total. The molecule has 64 valence electrons. The Balaban J connectivity index is 2.36. The molecule has 0 aliphatic heterocycles. The van der Waals surface area contributed by atoms with E-state index in [0.717, 1.165) is 19.3 Å². The third-order valence-corrected chi connectivity index (χ3v) is 3.83. The molecule has 0 heterocycles. The number of hydrogen-bond donors (Lipinski definition) is 0. The molecule has 0 aromatic heterocycles. The minimum Gasteiger partial charge on any atom is -0.206 e. The van der Waals surface area contributed by atoms with E-state index >= 15 is 0 Å². The number of alkyl halides is 2. The van der Waals surface area contributed by atoms with Gasteiger partial charge in [-0.25, -0.2) is 8.78 Å². The second-order valence-electron chi connectivity index (χ2n) is 4.55. The van der Waals surface area contributed by atoms with Crippen molar-refractivity contribution in [1.82, 2.24) is 0 Å². The first-order chi connectivity index (χ1) is 4.96. The predicted octanol–water partition coefficient (Wildman–Crippen LogP) is 3.08. The van der Waals surface area contributed by atoms with Crippen LogP contribution in [-0.4, -0.2) is 5.92 Å². The molecule has 2 aliphatic carbocycles. The summed E-state index contributed by atoms with van der Waals surface area (Å²) in [6.45, 7) is 3.44. The summed E-state index contributed by atoms with van der Waals surface area (Å²) >= 11 is 0. The van der Waals surface area contributed by atoms with Crippen LogP contribution in [0.25, 0.3) is 0 Å². The lowest BCUT2D eigenvalue weighted by Gasteiger charge is -2.37. The van der Waals surface area contributed by atoms with Gasteiger partial charge in [-0.15, -0.1) is 0 Å². The van der Waals surface area contributed by atoms with E-state index in [1.165, 1.54) is 0 Å². The molecule has 0 saturated heterocycles. The van der Waals surface area contributed by atoms with Gasteiger partial charge in [-0.3, -0.25) is 0 Å². The normalized spacial score (nSPS) is 44.7. The first-order valence-electron chi connectivity index (χ1n) is 4.34. The van der Waals surface area contributed by atoms with Crippen molar-refractivity contribution in [3.8, 4) is 0 Å². The van der Waals surface area contributed by atoms with Crippen LogP contribution in [0.2, 0.25) is 0 Å². The van der Waals surface area contributed by atoms with Crippen molar-refractivity contribution in [2.45, 2.75) is 39.0 Å². The summed E-state index contributed by atoms with van der Waals surface area (Å²) < 4.78 is 26.8. The first kappa shape index (κ1) is 7.51. The van der Waals surface area contributed by atoms with Crippen molar-refractivity contribution in [2.24, 2.45) is 17.3 Å². The second-order valence-corrected chi connectivity index (χ2v) is 4.55. The van der Waals surface area contributed by atoms with Crippen molar-refractivity contribution in [1.29, 1.82) is 0 Å². The molecule has 2 bridgehead atoms. The molecule has 2 fully saturated rings. The zero-order valence-electron chi connectivity index (χ0n) is 7.03. The Labute approximate surface area is 66.0 Å². The van der Waals surface area contributed by atoms with Crippen LogP contribution in [0.5, 0.6) is 0 Å². The topological polar surface area (TPSA) is 0 Å².